The summed E-state index contributed by atoms with van der Waals surface area (Å²) in [5.41, 5.74) is 0.172. The van der Waals surface area contributed by atoms with Gasteiger partial charge < -0.3 is 14.7 Å². The third-order valence-corrected chi connectivity index (χ3v) is 7.65. The number of likely N-dealkylation sites (tertiary alicyclic amines) is 1. The number of carbonyl (C=O) groups is 1. The monoisotopic (exact) mass is 477 g/mol. The molecule has 7 heteroatoms. The summed E-state index contributed by atoms with van der Waals surface area (Å²) >= 11 is 0. The summed E-state index contributed by atoms with van der Waals surface area (Å²) in [5, 5.41) is 9.90. The van der Waals surface area contributed by atoms with E-state index in [1.807, 2.05) is 6.07 Å². The Morgan fingerprint density at radius 3 is 2.35 bits per heavy atom. The Morgan fingerprint density at radius 1 is 1.06 bits per heavy atom. The molecule has 0 atom stereocenters. The quantitative estimate of drug-likeness (QED) is 0.492. The SMILES string of the molecule is CCC1CCC(Oc2ccc3ccc(CCN4CCC(C(=O)O)CC4)cc3c2C(F)(F)F)CC1. The van der Waals surface area contributed by atoms with Crippen LogP contribution in [0.15, 0.2) is 30.3 Å². The molecule has 1 saturated heterocycles. The average Bonchev–Trinajstić information content (AvgIpc) is 2.82. The zero-order chi connectivity index (χ0) is 24.3. The first-order valence-corrected chi connectivity index (χ1v) is 12.5. The van der Waals surface area contributed by atoms with E-state index >= 15 is 0 Å². The van der Waals surface area contributed by atoms with Crippen molar-refractivity contribution in [3.8, 4) is 5.75 Å². The van der Waals surface area contributed by atoms with Crippen molar-refractivity contribution in [2.75, 3.05) is 19.6 Å². The number of carboxylic acid groups (broad SMARTS) is 1. The van der Waals surface area contributed by atoms with Crippen molar-refractivity contribution in [3.63, 3.8) is 0 Å². The van der Waals surface area contributed by atoms with E-state index in [9.17, 15) is 18.0 Å². The molecule has 1 saturated carbocycles. The average molecular weight is 478 g/mol. The second-order valence-electron chi connectivity index (χ2n) is 9.86. The van der Waals surface area contributed by atoms with Crippen molar-refractivity contribution in [1.82, 2.24) is 4.90 Å². The summed E-state index contributed by atoms with van der Waals surface area (Å²) in [6.45, 7) is 4.27. The topological polar surface area (TPSA) is 49.8 Å². The fourth-order valence-corrected chi connectivity index (χ4v) is 5.42. The maximum Gasteiger partial charge on any atom is 0.420 e. The van der Waals surface area contributed by atoms with Gasteiger partial charge in [0.2, 0.25) is 0 Å². The van der Waals surface area contributed by atoms with Crippen LogP contribution < -0.4 is 4.74 Å². The number of hydrogen-bond donors (Lipinski definition) is 1. The number of piperidine rings is 1. The van der Waals surface area contributed by atoms with Gasteiger partial charge in [-0.25, -0.2) is 0 Å². The molecule has 0 aromatic heterocycles. The van der Waals surface area contributed by atoms with Crippen LogP contribution in [0.3, 0.4) is 0 Å². The molecule has 1 N–H and O–H groups in total. The number of ether oxygens (including phenoxy) is 1. The largest absolute Gasteiger partial charge is 0.490 e. The standard InChI is InChI=1S/C27H34F3NO3/c1-2-18-4-8-22(9-5-18)34-24-10-7-20-6-3-19(17-23(20)25(24)27(28,29)30)11-14-31-15-12-21(13-16-31)26(32)33/h3,6-7,10,17-18,21-22H,2,4-5,8-9,11-16H2,1H3,(H,32,33). The number of alkyl halides is 3. The van der Waals surface area contributed by atoms with Crippen LogP contribution in [-0.2, 0) is 17.4 Å². The van der Waals surface area contributed by atoms with Gasteiger partial charge in [-0.2, -0.15) is 13.2 Å². The van der Waals surface area contributed by atoms with Crippen LogP contribution in [0.2, 0.25) is 0 Å². The van der Waals surface area contributed by atoms with Crippen molar-refractivity contribution in [3.05, 3.63) is 41.5 Å². The minimum Gasteiger partial charge on any atom is -0.490 e. The fourth-order valence-electron chi connectivity index (χ4n) is 5.42. The van der Waals surface area contributed by atoms with Gasteiger partial charge in [-0.1, -0.05) is 37.6 Å². The molecule has 2 aromatic rings. The van der Waals surface area contributed by atoms with Crippen molar-refractivity contribution in [1.29, 1.82) is 0 Å². The van der Waals surface area contributed by atoms with Crippen LogP contribution in [0.5, 0.6) is 5.75 Å². The Kier molecular flexibility index (Phi) is 7.70. The summed E-state index contributed by atoms with van der Waals surface area (Å²) < 4.78 is 48.6. The van der Waals surface area contributed by atoms with E-state index in [4.69, 9.17) is 9.84 Å². The number of hydrogen-bond acceptors (Lipinski definition) is 3. The number of rotatable bonds is 7. The van der Waals surface area contributed by atoms with E-state index < -0.39 is 17.7 Å². The molecular formula is C27H34F3NO3. The molecule has 2 aliphatic rings. The second kappa shape index (κ2) is 10.5. The van der Waals surface area contributed by atoms with Gasteiger partial charge in [0.05, 0.1) is 12.0 Å². The minimum absolute atomic E-state index is 0.0622. The number of carboxylic acids is 1. The molecule has 0 bridgehead atoms. The van der Waals surface area contributed by atoms with Crippen LogP contribution >= 0.6 is 0 Å². The lowest BCUT2D eigenvalue weighted by molar-refractivity contribution is -0.143. The summed E-state index contributed by atoms with van der Waals surface area (Å²) in [7, 11) is 0. The van der Waals surface area contributed by atoms with Gasteiger partial charge in [-0.15, -0.1) is 0 Å². The maximum atomic E-state index is 14.2. The third-order valence-electron chi connectivity index (χ3n) is 7.65. The predicted octanol–water partition coefficient (Wildman–Crippen LogP) is 6.55. The molecule has 0 amide bonds. The molecule has 0 radical (unpaired) electrons. The van der Waals surface area contributed by atoms with E-state index in [0.717, 1.165) is 37.7 Å². The molecule has 186 valence electrons. The van der Waals surface area contributed by atoms with Crippen LogP contribution in [0.25, 0.3) is 10.8 Å². The first kappa shape index (κ1) is 24.8. The maximum absolute atomic E-state index is 14.2. The Balaban J connectivity index is 1.51. The van der Waals surface area contributed by atoms with Gasteiger partial charge in [0.15, 0.2) is 0 Å². The molecule has 2 fully saturated rings. The van der Waals surface area contributed by atoms with Gasteiger partial charge in [-0.05, 0) is 86.4 Å². The van der Waals surface area contributed by atoms with Crippen LogP contribution in [0, 0.1) is 11.8 Å². The van der Waals surface area contributed by atoms with E-state index in [1.54, 1.807) is 18.2 Å². The first-order valence-electron chi connectivity index (χ1n) is 12.5. The molecular weight excluding hydrogens is 443 g/mol. The molecule has 4 nitrogen and oxygen atoms in total. The van der Waals surface area contributed by atoms with Gasteiger partial charge in [0.1, 0.15) is 11.3 Å². The fraction of sp³-hybridized carbons (Fsp3) is 0.593. The van der Waals surface area contributed by atoms with Crippen LogP contribution in [-0.4, -0.2) is 41.7 Å². The van der Waals surface area contributed by atoms with E-state index in [-0.39, 0.29) is 23.2 Å². The third kappa shape index (κ3) is 5.85. The zero-order valence-corrected chi connectivity index (χ0v) is 19.7. The molecule has 2 aromatic carbocycles. The minimum atomic E-state index is -4.51. The van der Waals surface area contributed by atoms with E-state index in [1.165, 1.54) is 6.07 Å². The first-order chi connectivity index (χ1) is 16.2. The summed E-state index contributed by atoms with van der Waals surface area (Å²) in [5.74, 6) is -0.448. The van der Waals surface area contributed by atoms with Crippen molar-refractivity contribution < 1.29 is 27.8 Å². The van der Waals surface area contributed by atoms with Gasteiger partial charge >= 0.3 is 12.1 Å². The Bertz CT molecular complexity index is 991. The lowest BCUT2D eigenvalue weighted by atomic mass is 9.86. The summed E-state index contributed by atoms with van der Waals surface area (Å²) in [6.07, 6.45) is 1.89. The number of halogens is 3. The van der Waals surface area contributed by atoms with Gasteiger partial charge in [0.25, 0.3) is 0 Å². The predicted molar refractivity (Wildman–Crippen MR) is 126 cm³/mol. The number of aliphatic carboxylic acids is 1. The summed E-state index contributed by atoms with van der Waals surface area (Å²) in [6, 6.07) is 8.50. The lowest BCUT2D eigenvalue weighted by Crippen LogP contribution is -2.37. The molecule has 1 heterocycles. The molecule has 1 aliphatic carbocycles. The van der Waals surface area contributed by atoms with Crippen LogP contribution in [0.1, 0.15) is 63.0 Å². The lowest BCUT2D eigenvalue weighted by Gasteiger charge is -2.30. The molecule has 1 aliphatic heterocycles. The molecule has 4 rings (SSSR count). The normalized spacial score (nSPS) is 22.7. The van der Waals surface area contributed by atoms with Crippen molar-refractivity contribution in [2.45, 2.75) is 70.6 Å². The molecule has 0 spiro atoms. The highest BCUT2D eigenvalue weighted by Crippen LogP contribution is 2.43. The molecule has 34 heavy (non-hydrogen) atoms. The van der Waals surface area contributed by atoms with Crippen molar-refractivity contribution >= 4 is 16.7 Å². The molecule has 0 unspecified atom stereocenters. The number of nitrogens with zero attached hydrogens (tertiary/aromatic N) is 1. The van der Waals surface area contributed by atoms with E-state index in [2.05, 4.69) is 11.8 Å². The van der Waals surface area contributed by atoms with Crippen molar-refractivity contribution in [2.24, 2.45) is 11.8 Å². The summed E-state index contributed by atoms with van der Waals surface area (Å²) in [4.78, 5) is 13.3. The zero-order valence-electron chi connectivity index (χ0n) is 19.7. The van der Waals surface area contributed by atoms with Gasteiger partial charge in [0, 0.05) is 6.54 Å². The second-order valence-corrected chi connectivity index (χ2v) is 9.86. The van der Waals surface area contributed by atoms with Gasteiger partial charge in [-0.3, -0.25) is 4.79 Å². The Hall–Kier alpha value is -2.28. The highest BCUT2D eigenvalue weighted by atomic mass is 19.4. The highest BCUT2D eigenvalue weighted by Gasteiger charge is 2.37. The number of fused-ring (bicyclic) bond motifs is 1. The van der Waals surface area contributed by atoms with Crippen LogP contribution in [0.4, 0.5) is 13.2 Å². The Morgan fingerprint density at radius 2 is 1.74 bits per heavy atom. The highest BCUT2D eigenvalue weighted by molar-refractivity contribution is 5.89. The number of benzene rings is 2. The smallest absolute Gasteiger partial charge is 0.420 e. The van der Waals surface area contributed by atoms with E-state index in [0.29, 0.717) is 50.2 Å². The Labute approximate surface area is 199 Å².